The molecule has 0 radical (unpaired) electrons. The Morgan fingerprint density at radius 3 is 2.33 bits per heavy atom. The summed E-state index contributed by atoms with van der Waals surface area (Å²) in [7, 11) is 0. The molecule has 0 aliphatic rings. The third-order valence-corrected chi connectivity index (χ3v) is 2.70. The molecule has 86 valence electrons. The molecule has 1 aromatic carbocycles. The average molecular weight is 321 g/mol. The van der Waals surface area contributed by atoms with E-state index in [1.54, 1.807) is 6.07 Å². The van der Waals surface area contributed by atoms with Gasteiger partial charge in [0.1, 0.15) is 0 Å². The molecule has 0 heterocycles. The molecule has 0 N–H and O–H groups in total. The van der Waals surface area contributed by atoms with Crippen LogP contribution in [-0.2, 0) is 12.6 Å². The zero-order valence-corrected chi connectivity index (χ0v) is 11.6. The van der Waals surface area contributed by atoms with Crippen LogP contribution >= 0.6 is 24.0 Å². The van der Waals surface area contributed by atoms with Crippen LogP contribution in [0, 0.1) is 0 Å². The Morgan fingerprint density at radius 1 is 1.27 bits per heavy atom. The SMILES string of the molecule is Cl.FC(F)(F)c1cc(CC[AsH2])ccc1Cl. The number of hydrogen-bond acceptors (Lipinski definition) is 0. The van der Waals surface area contributed by atoms with Crippen LogP contribution in [0.25, 0.3) is 0 Å². The molecule has 0 fully saturated rings. The first-order valence-corrected chi connectivity index (χ1v) is 6.10. The molecule has 0 aliphatic heterocycles. The zero-order chi connectivity index (χ0) is 10.8. The number of alkyl halides is 3. The third kappa shape index (κ3) is 4.26. The van der Waals surface area contributed by atoms with E-state index < -0.39 is 11.7 Å². The summed E-state index contributed by atoms with van der Waals surface area (Å²) in [6.07, 6.45) is -3.69. The summed E-state index contributed by atoms with van der Waals surface area (Å²) in [4.78, 5) is 0. The Labute approximate surface area is 106 Å². The van der Waals surface area contributed by atoms with Crippen molar-refractivity contribution in [3.05, 3.63) is 34.3 Å². The van der Waals surface area contributed by atoms with E-state index in [1.807, 2.05) is 0 Å². The van der Waals surface area contributed by atoms with Crippen molar-refractivity contribution < 1.29 is 13.2 Å². The molecule has 6 heteroatoms. The number of rotatable bonds is 2. The van der Waals surface area contributed by atoms with E-state index in [9.17, 15) is 13.2 Å². The monoisotopic (exact) mass is 320 g/mol. The second-order valence-electron chi connectivity index (χ2n) is 2.85. The van der Waals surface area contributed by atoms with Crippen LogP contribution in [0.2, 0.25) is 10.2 Å². The van der Waals surface area contributed by atoms with Gasteiger partial charge in [-0.1, -0.05) is 0 Å². The molecule has 1 rings (SSSR count). The predicted octanol–water partition coefficient (Wildman–Crippen LogP) is 3.37. The van der Waals surface area contributed by atoms with Gasteiger partial charge in [0, 0.05) is 0 Å². The van der Waals surface area contributed by atoms with Crippen LogP contribution in [-0.4, -0.2) is 16.9 Å². The first kappa shape index (κ1) is 15.1. The maximum absolute atomic E-state index is 12.4. The topological polar surface area (TPSA) is 0 Å². The average Bonchev–Trinajstić information content (AvgIpc) is 2.07. The van der Waals surface area contributed by atoms with Gasteiger partial charge in [-0.05, 0) is 0 Å². The standard InChI is InChI=1S/C9H9AsClF3.ClH/c10-4-3-6-1-2-8(11)7(5-6)9(12,13)14;/h1-2,5H,3-4,10H2;1H. The molecule has 0 spiro atoms. The minimum absolute atomic E-state index is 0. The molecule has 1 atom stereocenters. The summed E-state index contributed by atoms with van der Waals surface area (Å²) in [5.41, 5.74) is -0.0521. The molecule has 0 aliphatic carbocycles. The summed E-state index contributed by atoms with van der Waals surface area (Å²) in [5.74, 6) is 0. The van der Waals surface area contributed by atoms with Gasteiger partial charge in [-0.2, -0.15) is 0 Å². The Kier molecular flexibility index (Phi) is 6.08. The van der Waals surface area contributed by atoms with Crippen molar-refractivity contribution in [3.63, 3.8) is 0 Å². The van der Waals surface area contributed by atoms with E-state index in [2.05, 4.69) is 0 Å². The summed E-state index contributed by atoms with van der Waals surface area (Å²) in [5, 5.41) is 0.647. The molecule has 0 saturated carbocycles. The van der Waals surface area contributed by atoms with Gasteiger partial charge in [-0.3, -0.25) is 0 Å². The van der Waals surface area contributed by atoms with Gasteiger partial charge < -0.3 is 0 Å². The molecule has 1 aromatic rings. The van der Waals surface area contributed by atoms with Crippen LogP contribution < -0.4 is 0 Å². The van der Waals surface area contributed by atoms with E-state index in [1.165, 1.54) is 22.9 Å². The summed E-state index contributed by atoms with van der Waals surface area (Å²) < 4.78 is 37.2. The molecule has 0 nitrogen and oxygen atoms in total. The van der Waals surface area contributed by atoms with Crippen molar-refractivity contribution in [2.24, 2.45) is 0 Å². The van der Waals surface area contributed by atoms with E-state index in [-0.39, 0.29) is 17.4 Å². The molecular weight excluding hydrogens is 311 g/mol. The minimum atomic E-state index is -4.36. The zero-order valence-electron chi connectivity index (χ0n) is 7.64. The van der Waals surface area contributed by atoms with E-state index in [0.717, 1.165) is 11.3 Å². The van der Waals surface area contributed by atoms with Gasteiger partial charge >= 0.3 is 93.8 Å². The van der Waals surface area contributed by atoms with E-state index >= 15 is 0 Å². The third-order valence-electron chi connectivity index (χ3n) is 1.77. The van der Waals surface area contributed by atoms with Crippen molar-refractivity contribution >= 4 is 40.9 Å². The molecule has 0 amide bonds. The number of aryl methyl sites for hydroxylation is 1. The Morgan fingerprint density at radius 2 is 1.87 bits per heavy atom. The van der Waals surface area contributed by atoms with E-state index in [4.69, 9.17) is 11.6 Å². The van der Waals surface area contributed by atoms with Crippen LogP contribution in [0.5, 0.6) is 0 Å². The first-order chi connectivity index (χ1) is 6.45. The fourth-order valence-electron chi connectivity index (χ4n) is 1.11. The maximum atomic E-state index is 12.4. The molecule has 15 heavy (non-hydrogen) atoms. The second kappa shape index (κ2) is 6.03. The normalized spacial score (nSPS) is 11.0. The van der Waals surface area contributed by atoms with Gasteiger partial charge in [0.2, 0.25) is 0 Å². The van der Waals surface area contributed by atoms with Crippen LogP contribution in [0.4, 0.5) is 13.2 Å². The van der Waals surface area contributed by atoms with Crippen molar-refractivity contribution in [2.45, 2.75) is 17.8 Å². The number of halogens is 5. The fourth-order valence-corrected chi connectivity index (χ4v) is 2.04. The van der Waals surface area contributed by atoms with Gasteiger partial charge in [0.15, 0.2) is 0 Å². The second-order valence-corrected chi connectivity index (χ2v) is 4.47. The van der Waals surface area contributed by atoms with Crippen LogP contribution in [0.3, 0.4) is 0 Å². The van der Waals surface area contributed by atoms with Gasteiger partial charge in [-0.25, -0.2) is 0 Å². The summed E-state index contributed by atoms with van der Waals surface area (Å²) >= 11 is 6.97. The van der Waals surface area contributed by atoms with Gasteiger partial charge in [0.25, 0.3) is 0 Å². The van der Waals surface area contributed by atoms with Gasteiger partial charge in [-0.15, -0.1) is 12.4 Å². The van der Waals surface area contributed by atoms with Crippen molar-refractivity contribution in [1.82, 2.24) is 0 Å². The Bertz CT molecular complexity index is 326. The molecule has 0 aromatic heterocycles. The molecule has 1 unspecified atom stereocenters. The quantitative estimate of drug-likeness (QED) is 0.733. The van der Waals surface area contributed by atoms with Crippen LogP contribution in [0.1, 0.15) is 11.1 Å². The first-order valence-electron chi connectivity index (χ1n) is 4.01. The summed E-state index contributed by atoms with van der Waals surface area (Å²) in [6.45, 7) is 0. The Balaban J connectivity index is 0.00000196. The number of benzene rings is 1. The molecule has 0 saturated heterocycles. The van der Waals surface area contributed by atoms with Crippen molar-refractivity contribution in [1.29, 1.82) is 0 Å². The summed E-state index contributed by atoms with van der Waals surface area (Å²) in [6, 6.07) is 4.07. The predicted molar refractivity (Wildman–Crippen MR) is 60.8 cm³/mol. The fraction of sp³-hybridized carbons (Fsp3) is 0.333. The van der Waals surface area contributed by atoms with Crippen molar-refractivity contribution in [3.8, 4) is 0 Å². The van der Waals surface area contributed by atoms with Gasteiger partial charge in [0.05, 0.1) is 0 Å². The molecule has 0 bridgehead atoms. The molecular formula is C9H10AsCl2F3. The van der Waals surface area contributed by atoms with E-state index in [0.29, 0.717) is 12.0 Å². The van der Waals surface area contributed by atoms with Crippen LogP contribution in [0.15, 0.2) is 18.2 Å². The van der Waals surface area contributed by atoms with Crippen molar-refractivity contribution in [2.75, 3.05) is 0 Å². The number of hydrogen-bond donors (Lipinski definition) is 0. The Hall–Kier alpha value is 0.148.